The minimum atomic E-state index is 0.808. The molecular formula is C15H19N5. The van der Waals surface area contributed by atoms with E-state index in [9.17, 15) is 0 Å². The van der Waals surface area contributed by atoms with E-state index in [-0.39, 0.29) is 0 Å². The van der Waals surface area contributed by atoms with Gasteiger partial charge in [0.2, 0.25) is 0 Å². The Morgan fingerprint density at radius 2 is 1.70 bits per heavy atom. The van der Waals surface area contributed by atoms with E-state index >= 15 is 0 Å². The third-order valence-electron chi connectivity index (χ3n) is 3.71. The molecule has 0 aliphatic carbocycles. The Kier molecular flexibility index (Phi) is 3.41. The van der Waals surface area contributed by atoms with Gasteiger partial charge in [-0.1, -0.05) is 6.07 Å². The van der Waals surface area contributed by atoms with Gasteiger partial charge in [-0.2, -0.15) is 0 Å². The smallest absolute Gasteiger partial charge is 0.130 e. The summed E-state index contributed by atoms with van der Waals surface area (Å²) in [6, 6.07) is 7.99. The SMILES string of the molecule is Cc1cnc(N2CCN(c3ccccn3)CC2)cc1N. The van der Waals surface area contributed by atoms with Crippen LogP contribution >= 0.6 is 0 Å². The number of hydrogen-bond donors (Lipinski definition) is 1. The summed E-state index contributed by atoms with van der Waals surface area (Å²) in [5.41, 5.74) is 7.79. The van der Waals surface area contributed by atoms with Crippen LogP contribution in [0.3, 0.4) is 0 Å². The molecule has 0 aromatic carbocycles. The summed E-state index contributed by atoms with van der Waals surface area (Å²) >= 11 is 0. The molecule has 20 heavy (non-hydrogen) atoms. The standard InChI is InChI=1S/C15H19N5/c1-12-11-18-15(10-13(12)16)20-8-6-19(7-9-20)14-4-2-3-5-17-14/h2-5,10-11H,6-9H2,1H3,(H2,16,18). The van der Waals surface area contributed by atoms with Crippen LogP contribution in [0.2, 0.25) is 0 Å². The molecule has 0 saturated carbocycles. The first-order valence-electron chi connectivity index (χ1n) is 6.87. The zero-order valence-electron chi connectivity index (χ0n) is 11.7. The lowest BCUT2D eigenvalue weighted by Gasteiger charge is -2.36. The molecule has 1 saturated heterocycles. The summed E-state index contributed by atoms with van der Waals surface area (Å²) in [6.45, 7) is 5.75. The second-order valence-electron chi connectivity index (χ2n) is 5.06. The minimum Gasteiger partial charge on any atom is -0.398 e. The third-order valence-corrected chi connectivity index (χ3v) is 3.71. The number of anilines is 3. The number of nitrogens with zero attached hydrogens (tertiary/aromatic N) is 4. The second-order valence-corrected chi connectivity index (χ2v) is 5.06. The molecule has 5 nitrogen and oxygen atoms in total. The van der Waals surface area contributed by atoms with Gasteiger partial charge < -0.3 is 15.5 Å². The van der Waals surface area contributed by atoms with Gasteiger partial charge in [-0.3, -0.25) is 0 Å². The number of rotatable bonds is 2. The van der Waals surface area contributed by atoms with Gasteiger partial charge in [0.25, 0.3) is 0 Å². The molecule has 0 bridgehead atoms. The topological polar surface area (TPSA) is 58.3 Å². The number of nitrogen functional groups attached to an aromatic ring is 1. The Morgan fingerprint density at radius 3 is 2.30 bits per heavy atom. The maximum Gasteiger partial charge on any atom is 0.130 e. The van der Waals surface area contributed by atoms with Gasteiger partial charge in [-0.05, 0) is 24.6 Å². The summed E-state index contributed by atoms with van der Waals surface area (Å²) in [4.78, 5) is 13.4. The van der Waals surface area contributed by atoms with E-state index in [4.69, 9.17) is 5.73 Å². The normalized spacial score (nSPS) is 15.4. The highest BCUT2D eigenvalue weighted by molar-refractivity contribution is 5.55. The molecule has 2 N–H and O–H groups in total. The predicted molar refractivity (Wildman–Crippen MR) is 82.0 cm³/mol. The number of hydrogen-bond acceptors (Lipinski definition) is 5. The first-order valence-corrected chi connectivity index (χ1v) is 6.87. The van der Waals surface area contributed by atoms with Gasteiger partial charge in [0.05, 0.1) is 0 Å². The van der Waals surface area contributed by atoms with Gasteiger partial charge >= 0.3 is 0 Å². The fraction of sp³-hybridized carbons (Fsp3) is 0.333. The third kappa shape index (κ3) is 2.52. The summed E-state index contributed by atoms with van der Waals surface area (Å²) in [5.74, 6) is 2.01. The molecule has 3 rings (SSSR count). The maximum absolute atomic E-state index is 5.96. The fourth-order valence-electron chi connectivity index (χ4n) is 2.41. The molecule has 0 amide bonds. The Bertz CT molecular complexity index is 576. The summed E-state index contributed by atoms with van der Waals surface area (Å²) in [5, 5.41) is 0. The van der Waals surface area contributed by atoms with Crippen molar-refractivity contribution >= 4 is 17.3 Å². The molecule has 1 aliphatic heterocycles. The predicted octanol–water partition coefficient (Wildman–Crippen LogP) is 1.69. The minimum absolute atomic E-state index is 0.808. The van der Waals surface area contributed by atoms with Crippen LogP contribution < -0.4 is 15.5 Å². The van der Waals surface area contributed by atoms with Crippen LogP contribution in [0.4, 0.5) is 17.3 Å². The molecule has 2 aromatic rings. The van der Waals surface area contributed by atoms with Crippen LogP contribution in [-0.2, 0) is 0 Å². The number of aryl methyl sites for hydroxylation is 1. The highest BCUT2D eigenvalue weighted by Crippen LogP contribution is 2.20. The molecule has 1 aliphatic rings. The van der Waals surface area contributed by atoms with Gasteiger partial charge in [-0.25, -0.2) is 9.97 Å². The van der Waals surface area contributed by atoms with Crippen LogP contribution in [-0.4, -0.2) is 36.1 Å². The first-order chi connectivity index (χ1) is 9.74. The van der Waals surface area contributed by atoms with Crippen molar-refractivity contribution in [2.45, 2.75) is 6.92 Å². The van der Waals surface area contributed by atoms with Crippen molar-refractivity contribution < 1.29 is 0 Å². The lowest BCUT2D eigenvalue weighted by molar-refractivity contribution is 0.642. The van der Waals surface area contributed by atoms with E-state index in [1.165, 1.54) is 0 Å². The van der Waals surface area contributed by atoms with E-state index in [2.05, 4.69) is 25.8 Å². The van der Waals surface area contributed by atoms with Crippen LogP contribution in [0, 0.1) is 6.92 Å². The van der Waals surface area contributed by atoms with Crippen molar-refractivity contribution in [2.24, 2.45) is 0 Å². The van der Waals surface area contributed by atoms with Crippen LogP contribution in [0.5, 0.6) is 0 Å². The number of pyridine rings is 2. The van der Waals surface area contributed by atoms with Crippen molar-refractivity contribution in [1.29, 1.82) is 0 Å². The summed E-state index contributed by atoms with van der Waals surface area (Å²) < 4.78 is 0. The lowest BCUT2D eigenvalue weighted by Crippen LogP contribution is -2.47. The first kappa shape index (κ1) is 12.7. The lowest BCUT2D eigenvalue weighted by atomic mass is 10.2. The molecular weight excluding hydrogens is 250 g/mol. The van der Waals surface area contributed by atoms with E-state index in [0.717, 1.165) is 49.1 Å². The number of aromatic nitrogens is 2. The monoisotopic (exact) mass is 269 g/mol. The molecule has 0 spiro atoms. The largest absolute Gasteiger partial charge is 0.398 e. The van der Waals surface area contributed by atoms with Gasteiger partial charge in [0.15, 0.2) is 0 Å². The molecule has 5 heteroatoms. The quantitative estimate of drug-likeness (QED) is 0.899. The fourth-order valence-corrected chi connectivity index (χ4v) is 2.41. The Hall–Kier alpha value is -2.30. The van der Waals surface area contributed by atoms with E-state index < -0.39 is 0 Å². The number of nitrogens with two attached hydrogens (primary N) is 1. The van der Waals surface area contributed by atoms with Gasteiger partial charge in [0, 0.05) is 50.3 Å². The molecule has 3 heterocycles. The van der Waals surface area contributed by atoms with Gasteiger partial charge in [0.1, 0.15) is 11.6 Å². The zero-order chi connectivity index (χ0) is 13.9. The van der Waals surface area contributed by atoms with E-state index in [0.29, 0.717) is 0 Å². The van der Waals surface area contributed by atoms with E-state index in [1.807, 2.05) is 37.5 Å². The van der Waals surface area contributed by atoms with Crippen molar-refractivity contribution in [2.75, 3.05) is 41.7 Å². The van der Waals surface area contributed by atoms with E-state index in [1.54, 1.807) is 0 Å². The summed E-state index contributed by atoms with van der Waals surface area (Å²) in [7, 11) is 0. The van der Waals surface area contributed by atoms with Gasteiger partial charge in [-0.15, -0.1) is 0 Å². The molecule has 104 valence electrons. The van der Waals surface area contributed by atoms with Crippen LogP contribution in [0.1, 0.15) is 5.56 Å². The Balaban J connectivity index is 1.68. The maximum atomic E-state index is 5.96. The molecule has 0 radical (unpaired) electrons. The molecule has 0 atom stereocenters. The highest BCUT2D eigenvalue weighted by atomic mass is 15.3. The molecule has 2 aromatic heterocycles. The Labute approximate surface area is 119 Å². The van der Waals surface area contributed by atoms with Crippen LogP contribution in [0.25, 0.3) is 0 Å². The van der Waals surface area contributed by atoms with Crippen molar-refractivity contribution in [3.8, 4) is 0 Å². The van der Waals surface area contributed by atoms with Crippen molar-refractivity contribution in [1.82, 2.24) is 9.97 Å². The number of piperazine rings is 1. The molecule has 1 fully saturated rings. The highest BCUT2D eigenvalue weighted by Gasteiger charge is 2.19. The average molecular weight is 269 g/mol. The Morgan fingerprint density at radius 1 is 1.00 bits per heavy atom. The molecule has 0 unspecified atom stereocenters. The zero-order valence-corrected chi connectivity index (χ0v) is 11.7. The van der Waals surface area contributed by atoms with Crippen LogP contribution in [0.15, 0.2) is 36.7 Å². The van der Waals surface area contributed by atoms with Crippen molar-refractivity contribution in [3.05, 3.63) is 42.2 Å². The second kappa shape index (κ2) is 5.36. The average Bonchev–Trinajstić information content (AvgIpc) is 2.51. The van der Waals surface area contributed by atoms with Crippen molar-refractivity contribution in [3.63, 3.8) is 0 Å². The summed E-state index contributed by atoms with van der Waals surface area (Å²) in [6.07, 6.45) is 3.68.